The van der Waals surface area contributed by atoms with Crippen LogP contribution in [0.25, 0.3) is 10.9 Å². The predicted molar refractivity (Wildman–Crippen MR) is 115 cm³/mol. The van der Waals surface area contributed by atoms with E-state index >= 15 is 0 Å². The van der Waals surface area contributed by atoms with Gasteiger partial charge in [-0.05, 0) is 36.4 Å². The van der Waals surface area contributed by atoms with Gasteiger partial charge in [-0.2, -0.15) is 0 Å². The van der Waals surface area contributed by atoms with Gasteiger partial charge in [-0.25, -0.2) is 4.79 Å². The number of aryl methyl sites for hydroxylation is 1. The average molecular weight is 372 g/mol. The lowest BCUT2D eigenvalue weighted by Crippen LogP contribution is -1.94. The summed E-state index contributed by atoms with van der Waals surface area (Å²) in [6, 6.07) is 7.45. The van der Waals surface area contributed by atoms with E-state index in [1.807, 2.05) is 6.07 Å². The molecule has 0 fully saturated rings. The molecule has 1 heterocycles. The van der Waals surface area contributed by atoms with Crippen molar-refractivity contribution in [2.45, 2.75) is 96.8 Å². The number of fused-ring (bicyclic) bond motifs is 1. The fraction of sp³-hybridized carbons (Fsp3) is 0.625. The van der Waals surface area contributed by atoms with Gasteiger partial charge in [0.05, 0.1) is 5.56 Å². The molecule has 0 aliphatic rings. The Morgan fingerprint density at radius 3 is 1.93 bits per heavy atom. The zero-order valence-corrected chi connectivity index (χ0v) is 17.1. The number of unbranched alkanes of at least 4 members (excludes halogenated alkanes) is 12. The number of hydrogen-bond donors (Lipinski definition) is 2. The molecule has 0 aliphatic carbocycles. The smallest absolute Gasteiger partial charge is 0.335 e. The molecule has 3 nitrogen and oxygen atoms in total. The SMILES string of the molecule is CCCCCCCCCCCCCCCc1cc2ccc(C(=O)O)cc2[nH]1. The minimum Gasteiger partial charge on any atom is -0.478 e. The number of nitrogens with one attached hydrogen (secondary N) is 1. The number of benzene rings is 1. The molecule has 2 N–H and O–H groups in total. The molecule has 27 heavy (non-hydrogen) atoms. The molecule has 0 bridgehead atoms. The second-order valence-electron chi connectivity index (χ2n) is 7.89. The highest BCUT2D eigenvalue weighted by Gasteiger charge is 2.06. The minimum absolute atomic E-state index is 0.344. The van der Waals surface area contributed by atoms with Gasteiger partial charge in [-0.3, -0.25) is 0 Å². The average Bonchev–Trinajstić information content (AvgIpc) is 3.07. The van der Waals surface area contributed by atoms with E-state index in [0.717, 1.165) is 17.3 Å². The van der Waals surface area contributed by atoms with Crippen molar-refractivity contribution in [3.05, 3.63) is 35.5 Å². The maximum Gasteiger partial charge on any atom is 0.335 e. The van der Waals surface area contributed by atoms with Crippen LogP contribution in [0.5, 0.6) is 0 Å². The molecular weight excluding hydrogens is 334 g/mol. The van der Waals surface area contributed by atoms with Gasteiger partial charge >= 0.3 is 5.97 Å². The minimum atomic E-state index is -0.871. The molecule has 150 valence electrons. The first kappa shape index (κ1) is 21.5. The van der Waals surface area contributed by atoms with E-state index in [2.05, 4.69) is 18.0 Å². The van der Waals surface area contributed by atoms with Gasteiger partial charge in [0, 0.05) is 11.2 Å². The zero-order chi connectivity index (χ0) is 19.3. The van der Waals surface area contributed by atoms with Gasteiger partial charge < -0.3 is 10.1 Å². The summed E-state index contributed by atoms with van der Waals surface area (Å²) in [6.07, 6.45) is 18.9. The quantitative estimate of drug-likeness (QED) is 0.318. The molecule has 1 aromatic carbocycles. The first-order valence-corrected chi connectivity index (χ1v) is 11.1. The van der Waals surface area contributed by atoms with Gasteiger partial charge in [0.2, 0.25) is 0 Å². The first-order valence-electron chi connectivity index (χ1n) is 11.1. The van der Waals surface area contributed by atoms with Crippen LogP contribution in [0, 0.1) is 0 Å². The van der Waals surface area contributed by atoms with Gasteiger partial charge in [0.15, 0.2) is 0 Å². The first-order chi connectivity index (χ1) is 13.2. The topological polar surface area (TPSA) is 53.1 Å². The number of carboxylic acid groups (broad SMARTS) is 1. The van der Waals surface area contributed by atoms with Crippen LogP contribution in [-0.4, -0.2) is 16.1 Å². The highest BCUT2D eigenvalue weighted by Crippen LogP contribution is 2.19. The Kier molecular flexibility index (Phi) is 10.0. The number of carboxylic acids is 1. The van der Waals surface area contributed by atoms with Gasteiger partial charge in [-0.15, -0.1) is 0 Å². The maximum absolute atomic E-state index is 11.0. The highest BCUT2D eigenvalue weighted by molar-refractivity contribution is 5.93. The fourth-order valence-corrected chi connectivity index (χ4v) is 3.79. The Labute approximate surface area is 164 Å². The molecule has 0 amide bonds. The zero-order valence-electron chi connectivity index (χ0n) is 17.1. The highest BCUT2D eigenvalue weighted by atomic mass is 16.4. The molecule has 2 rings (SSSR count). The number of carbonyl (C=O) groups is 1. The van der Waals surface area contributed by atoms with Crippen molar-refractivity contribution < 1.29 is 9.90 Å². The standard InChI is InChI=1S/C24H37NO2/c1-2-3-4-5-6-7-8-9-10-11-12-13-14-15-22-18-20-16-17-21(24(26)27)19-23(20)25-22/h16-19,25H,2-15H2,1H3,(H,26,27). The van der Waals surface area contributed by atoms with E-state index in [9.17, 15) is 4.79 Å². The summed E-state index contributed by atoms with van der Waals surface area (Å²) in [5.41, 5.74) is 2.49. The van der Waals surface area contributed by atoms with Crippen molar-refractivity contribution in [2.24, 2.45) is 0 Å². The molecule has 0 atom stereocenters. The summed E-state index contributed by atoms with van der Waals surface area (Å²) in [6.45, 7) is 2.27. The van der Waals surface area contributed by atoms with Crippen LogP contribution in [0.4, 0.5) is 0 Å². The normalized spacial score (nSPS) is 11.3. The lowest BCUT2D eigenvalue weighted by Gasteiger charge is -2.03. The number of hydrogen-bond acceptors (Lipinski definition) is 1. The Hall–Kier alpha value is -1.77. The molecule has 0 spiro atoms. The molecule has 3 heteroatoms. The van der Waals surface area contributed by atoms with Crippen molar-refractivity contribution >= 4 is 16.9 Å². The fourth-order valence-electron chi connectivity index (χ4n) is 3.79. The van der Waals surface area contributed by atoms with Crippen molar-refractivity contribution in [3.8, 4) is 0 Å². The molecule has 0 aliphatic heterocycles. The molecule has 1 aromatic heterocycles. The van der Waals surface area contributed by atoms with Gasteiger partial charge in [0.25, 0.3) is 0 Å². The third kappa shape index (κ3) is 8.19. The lowest BCUT2D eigenvalue weighted by atomic mass is 10.0. The summed E-state index contributed by atoms with van der Waals surface area (Å²) in [5, 5.41) is 10.2. The Morgan fingerprint density at radius 1 is 0.815 bits per heavy atom. The lowest BCUT2D eigenvalue weighted by molar-refractivity contribution is 0.0697. The van der Waals surface area contributed by atoms with Gasteiger partial charge in [-0.1, -0.05) is 90.0 Å². The molecular formula is C24H37NO2. The van der Waals surface area contributed by atoms with Crippen LogP contribution in [0.1, 0.15) is 106 Å². The van der Waals surface area contributed by atoms with Crippen LogP contribution in [0.2, 0.25) is 0 Å². The van der Waals surface area contributed by atoms with E-state index in [1.54, 1.807) is 12.1 Å². The predicted octanol–water partition coefficient (Wildman–Crippen LogP) is 7.50. The van der Waals surface area contributed by atoms with E-state index in [-0.39, 0.29) is 0 Å². The summed E-state index contributed by atoms with van der Waals surface area (Å²) >= 11 is 0. The Morgan fingerprint density at radius 2 is 1.37 bits per heavy atom. The number of aromatic nitrogens is 1. The van der Waals surface area contributed by atoms with Crippen molar-refractivity contribution in [1.29, 1.82) is 0 Å². The van der Waals surface area contributed by atoms with Crippen LogP contribution >= 0.6 is 0 Å². The Bertz CT molecular complexity index is 674. The third-order valence-electron chi connectivity index (χ3n) is 5.47. The van der Waals surface area contributed by atoms with Crippen molar-refractivity contribution in [1.82, 2.24) is 4.98 Å². The van der Waals surface area contributed by atoms with Crippen LogP contribution in [-0.2, 0) is 6.42 Å². The van der Waals surface area contributed by atoms with Crippen LogP contribution < -0.4 is 0 Å². The molecule has 0 radical (unpaired) electrons. The third-order valence-corrected chi connectivity index (χ3v) is 5.47. The second-order valence-corrected chi connectivity index (χ2v) is 7.89. The van der Waals surface area contributed by atoms with E-state index in [4.69, 9.17) is 5.11 Å². The molecule has 0 saturated heterocycles. The van der Waals surface area contributed by atoms with Crippen LogP contribution in [0.3, 0.4) is 0 Å². The van der Waals surface area contributed by atoms with Crippen LogP contribution in [0.15, 0.2) is 24.3 Å². The largest absolute Gasteiger partial charge is 0.478 e. The monoisotopic (exact) mass is 371 g/mol. The van der Waals surface area contributed by atoms with Crippen molar-refractivity contribution in [2.75, 3.05) is 0 Å². The molecule has 0 saturated carbocycles. The van der Waals surface area contributed by atoms with Crippen molar-refractivity contribution in [3.63, 3.8) is 0 Å². The number of rotatable bonds is 15. The van der Waals surface area contributed by atoms with E-state index < -0.39 is 5.97 Å². The Balaban J connectivity index is 1.50. The second kappa shape index (κ2) is 12.6. The summed E-state index contributed by atoms with van der Waals surface area (Å²) in [5.74, 6) is -0.871. The van der Waals surface area contributed by atoms with E-state index in [0.29, 0.717) is 5.56 Å². The summed E-state index contributed by atoms with van der Waals surface area (Å²) in [4.78, 5) is 14.4. The molecule has 0 unspecified atom stereocenters. The molecule has 2 aromatic rings. The summed E-state index contributed by atoms with van der Waals surface area (Å²) in [7, 11) is 0. The number of aromatic amines is 1. The van der Waals surface area contributed by atoms with Gasteiger partial charge in [0.1, 0.15) is 0 Å². The maximum atomic E-state index is 11.0. The summed E-state index contributed by atoms with van der Waals surface area (Å²) < 4.78 is 0. The number of H-pyrrole nitrogens is 1. The number of aromatic carboxylic acids is 1. The van der Waals surface area contributed by atoms with E-state index in [1.165, 1.54) is 89.2 Å².